The van der Waals surface area contributed by atoms with E-state index in [9.17, 15) is 85.7 Å². The number of benzene rings is 6. The van der Waals surface area contributed by atoms with Gasteiger partial charge in [0, 0.05) is 22.1 Å². The minimum atomic E-state index is -5.43. The quantitative estimate of drug-likeness (QED) is 0.0276. The van der Waals surface area contributed by atoms with E-state index in [2.05, 4.69) is 31.1 Å². The third-order valence-electron chi connectivity index (χ3n) is 8.58. The van der Waals surface area contributed by atoms with Crippen LogP contribution < -0.4 is 10.6 Å². The summed E-state index contributed by atoms with van der Waals surface area (Å²) < 4.78 is 183. The first-order chi connectivity index (χ1) is 29.7. The van der Waals surface area contributed by atoms with Gasteiger partial charge in [0.2, 0.25) is 0 Å². The van der Waals surface area contributed by atoms with E-state index in [0.717, 1.165) is 36.4 Å². The van der Waals surface area contributed by atoms with Crippen LogP contribution in [0.15, 0.2) is 78.8 Å². The zero-order valence-electron chi connectivity index (χ0n) is 30.3. The summed E-state index contributed by atoms with van der Waals surface area (Å²) in [5.74, 6) is -26.3. The maximum Gasteiger partial charge on any atom is 0.341 e. The van der Waals surface area contributed by atoms with Crippen molar-refractivity contribution in [2.75, 3.05) is 10.6 Å². The van der Waals surface area contributed by atoms with Crippen LogP contribution >= 0.6 is 0 Å². The molecule has 0 aliphatic heterocycles. The van der Waals surface area contributed by atoms with Gasteiger partial charge < -0.3 is 31.1 Å². The number of phenolic OH excluding ortho intramolecular Hbond substituents is 2. The highest BCUT2D eigenvalue weighted by Crippen LogP contribution is 2.45. The molecule has 6 aromatic rings. The molecule has 0 radical (unpaired) electrons. The average Bonchev–Trinajstić information content (AvgIpc) is 3.19. The van der Waals surface area contributed by atoms with Crippen molar-refractivity contribution in [1.82, 2.24) is 0 Å². The molecular formula is C35H16F8N6O13S2. The normalized spacial score (nSPS) is 12.2. The molecule has 64 heavy (non-hydrogen) atoms. The van der Waals surface area contributed by atoms with Gasteiger partial charge in [0.25, 0.3) is 20.2 Å². The summed E-state index contributed by atoms with van der Waals surface area (Å²) >= 11 is 0. The van der Waals surface area contributed by atoms with Crippen molar-refractivity contribution in [2.45, 2.75) is 9.79 Å². The molecule has 6 aromatic carbocycles. The summed E-state index contributed by atoms with van der Waals surface area (Å²) in [6.45, 7) is 0. The number of phenols is 2. The Morgan fingerprint density at radius 2 is 0.766 bits per heavy atom. The smallest absolute Gasteiger partial charge is 0.341 e. The van der Waals surface area contributed by atoms with Crippen LogP contribution in [0.2, 0.25) is 0 Å². The van der Waals surface area contributed by atoms with Crippen LogP contribution in [-0.2, 0) is 20.2 Å². The fraction of sp³-hybridized carbons (Fsp3) is 0. The number of nitrogens with zero attached hydrogens (tertiary/aromatic N) is 4. The molecule has 0 aliphatic rings. The maximum absolute atomic E-state index is 14.5. The van der Waals surface area contributed by atoms with Crippen molar-refractivity contribution < 1.29 is 95.9 Å². The molecule has 0 unspecified atom stereocenters. The van der Waals surface area contributed by atoms with Crippen LogP contribution in [0.5, 0.6) is 11.5 Å². The first-order valence-corrected chi connectivity index (χ1v) is 19.3. The summed E-state index contributed by atoms with van der Waals surface area (Å²) in [6.07, 6.45) is 0. The highest BCUT2D eigenvalue weighted by Gasteiger charge is 2.32. The van der Waals surface area contributed by atoms with E-state index in [0.29, 0.717) is 12.1 Å². The topological polar surface area (TPSA) is 314 Å². The molecule has 29 heteroatoms. The molecule has 0 atom stereocenters. The van der Waals surface area contributed by atoms with E-state index in [4.69, 9.17) is 10.2 Å². The lowest BCUT2D eigenvalue weighted by atomic mass is 10.1. The molecule has 0 saturated heterocycles. The number of hydrogen-bond donors (Lipinski definition) is 8. The lowest BCUT2D eigenvalue weighted by Gasteiger charge is -2.13. The Morgan fingerprint density at radius 1 is 0.469 bits per heavy atom. The number of nitrogens with one attached hydrogen (secondary N) is 2. The van der Waals surface area contributed by atoms with Gasteiger partial charge in [-0.05, 0) is 59.3 Å². The number of fused-ring (bicyclic) bond motifs is 2. The molecule has 0 aromatic heterocycles. The third kappa shape index (κ3) is 8.24. The number of carbonyl (C=O) groups is 3. The second-order valence-corrected chi connectivity index (χ2v) is 15.3. The number of carbonyl (C=O) groups excluding carboxylic acids is 1. The predicted molar refractivity (Wildman–Crippen MR) is 198 cm³/mol. The van der Waals surface area contributed by atoms with E-state index in [1.54, 1.807) is 0 Å². The minimum absolute atomic E-state index is 0.194. The van der Waals surface area contributed by atoms with Gasteiger partial charge in [0.1, 0.15) is 32.3 Å². The van der Waals surface area contributed by atoms with Gasteiger partial charge in [-0.1, -0.05) is 0 Å². The highest BCUT2D eigenvalue weighted by molar-refractivity contribution is 7.86. The standard InChI is InChI=1S/C35H16F8N6O13S2/c36-19-17(33(52)53)20(37)24(41)29(23(19)40)48-46-27-15(63(57,58)59)7-9-5-11(1-3-13(9)31(27)50)44-35(56)45-12-2-4-14-10(6-12)8-16(64(60,61)62)28(32(14)51)47-49-30-25(42)21(38)18(34(54)55)22(39)26(30)43/h1-8,50-51H,(H,52,53)(H,54,55)(H2,44,45,56)(H,57,58,59)(H,60,61,62). The second-order valence-electron chi connectivity index (χ2n) is 12.5. The number of urea groups is 1. The van der Waals surface area contributed by atoms with Crippen LogP contribution in [0.1, 0.15) is 20.7 Å². The van der Waals surface area contributed by atoms with Gasteiger partial charge in [-0.15, -0.1) is 20.5 Å². The lowest BCUT2D eigenvalue weighted by molar-refractivity contribution is 0.0672. The van der Waals surface area contributed by atoms with Gasteiger partial charge in [-0.25, -0.2) is 49.5 Å². The second kappa shape index (κ2) is 16.4. The van der Waals surface area contributed by atoms with Crippen LogP contribution in [-0.4, -0.2) is 64.3 Å². The number of hydrogen-bond acceptors (Lipinski definition) is 13. The number of rotatable bonds is 10. The number of azo groups is 2. The van der Waals surface area contributed by atoms with E-state index in [1.165, 1.54) is 0 Å². The van der Waals surface area contributed by atoms with Gasteiger partial charge >= 0.3 is 18.0 Å². The van der Waals surface area contributed by atoms with Crippen molar-refractivity contribution in [1.29, 1.82) is 0 Å². The summed E-state index contributed by atoms with van der Waals surface area (Å²) in [6, 6.07) is 6.23. The van der Waals surface area contributed by atoms with Crippen molar-refractivity contribution in [2.24, 2.45) is 20.5 Å². The molecule has 0 heterocycles. The Bertz CT molecular complexity index is 3120. The van der Waals surface area contributed by atoms with E-state index in [1.807, 2.05) is 0 Å². The van der Waals surface area contributed by atoms with Gasteiger partial charge in [0.05, 0.1) is 0 Å². The molecular weight excluding hydrogens is 929 g/mol. The Morgan fingerprint density at radius 3 is 1.05 bits per heavy atom. The SMILES string of the molecule is O=C(Nc1ccc2c(O)c(N=Nc3c(F)c(F)c(C(=O)O)c(F)c3F)c(S(=O)(=O)O)cc2c1)Nc1ccc2c(O)c(N=Nc3c(F)c(F)c(C(=O)O)c(F)c3F)c(S(=O)(=O)O)cc2c1. The fourth-order valence-electron chi connectivity index (χ4n) is 5.73. The molecule has 6 rings (SSSR count). The van der Waals surface area contributed by atoms with E-state index in [-0.39, 0.29) is 32.9 Å². The van der Waals surface area contributed by atoms with Gasteiger partial charge in [-0.2, -0.15) is 16.8 Å². The summed E-state index contributed by atoms with van der Waals surface area (Å²) in [4.78, 5) is 32.4. The largest absolute Gasteiger partial charge is 0.505 e. The number of aromatic carboxylic acids is 2. The lowest BCUT2D eigenvalue weighted by Crippen LogP contribution is -2.19. The number of halogens is 8. The molecule has 0 saturated carbocycles. The molecule has 2 amide bonds. The monoisotopic (exact) mass is 944 g/mol. The molecule has 0 spiro atoms. The van der Waals surface area contributed by atoms with Crippen LogP contribution in [0.4, 0.5) is 74.0 Å². The van der Waals surface area contributed by atoms with Crippen molar-refractivity contribution in [3.63, 3.8) is 0 Å². The maximum atomic E-state index is 14.5. The Balaban J connectivity index is 1.31. The van der Waals surface area contributed by atoms with E-state index < -0.39 is 140 Å². The summed E-state index contributed by atoms with van der Waals surface area (Å²) in [5.41, 5.74) is -10.7. The number of amides is 2. The van der Waals surface area contributed by atoms with Crippen LogP contribution in [0, 0.1) is 46.5 Å². The van der Waals surface area contributed by atoms with Gasteiger partial charge in [0.15, 0.2) is 69.4 Å². The van der Waals surface area contributed by atoms with Crippen molar-refractivity contribution in [3.05, 3.63) is 106 Å². The zero-order valence-corrected chi connectivity index (χ0v) is 31.9. The minimum Gasteiger partial charge on any atom is -0.505 e. The average molecular weight is 945 g/mol. The van der Waals surface area contributed by atoms with Crippen LogP contribution in [0.3, 0.4) is 0 Å². The summed E-state index contributed by atoms with van der Waals surface area (Å²) in [7, 11) is -10.9. The zero-order chi connectivity index (χ0) is 47.5. The Hall–Kier alpha value is -7.89. The predicted octanol–water partition coefficient (Wildman–Crippen LogP) is 8.88. The van der Waals surface area contributed by atoms with Crippen LogP contribution in [0.25, 0.3) is 21.5 Å². The third-order valence-corrected chi connectivity index (χ3v) is 10.3. The van der Waals surface area contributed by atoms with E-state index >= 15 is 0 Å². The molecule has 0 bridgehead atoms. The number of aromatic hydroxyl groups is 2. The molecule has 19 nitrogen and oxygen atoms in total. The number of anilines is 2. The Kier molecular flexibility index (Phi) is 11.7. The Labute approximate surface area is 347 Å². The number of carboxylic acid groups (broad SMARTS) is 2. The van der Waals surface area contributed by atoms with Crippen molar-refractivity contribution in [3.8, 4) is 11.5 Å². The highest BCUT2D eigenvalue weighted by atomic mass is 32.2. The summed E-state index contributed by atoms with van der Waals surface area (Å²) in [5, 5.41) is 54.7. The van der Waals surface area contributed by atoms with Gasteiger partial charge in [-0.3, -0.25) is 9.11 Å². The molecule has 332 valence electrons. The molecule has 8 N–H and O–H groups in total. The first-order valence-electron chi connectivity index (χ1n) is 16.4. The first kappa shape index (κ1) is 45.6. The number of carboxylic acids is 2. The molecule has 0 aliphatic carbocycles. The van der Waals surface area contributed by atoms with Crippen molar-refractivity contribution >= 4 is 93.9 Å². The molecule has 0 fully saturated rings. The fourth-order valence-corrected chi connectivity index (χ4v) is 7.05.